The van der Waals surface area contributed by atoms with Crippen LogP contribution < -0.4 is 22.2 Å². The largest absolute Gasteiger partial charge is 0.368 e. The molecule has 3 aromatic heterocycles. The van der Waals surface area contributed by atoms with E-state index < -0.39 is 6.04 Å². The van der Waals surface area contributed by atoms with Crippen LogP contribution in [0.5, 0.6) is 0 Å². The van der Waals surface area contributed by atoms with Crippen molar-refractivity contribution in [1.29, 1.82) is 5.26 Å². The van der Waals surface area contributed by atoms with Crippen LogP contribution in [0.3, 0.4) is 0 Å². The molecule has 0 fully saturated rings. The Hall–Kier alpha value is -5.30. The second-order valence-electron chi connectivity index (χ2n) is 8.04. The lowest BCUT2D eigenvalue weighted by atomic mass is 10.1. The van der Waals surface area contributed by atoms with Crippen molar-refractivity contribution in [1.82, 2.24) is 24.5 Å². The van der Waals surface area contributed by atoms with Gasteiger partial charge in [-0.25, -0.2) is 9.97 Å². The molecule has 5 rings (SSSR count). The van der Waals surface area contributed by atoms with Crippen LogP contribution in [-0.2, 0) is 0 Å². The molecule has 5 aromatic rings. The number of rotatable bonds is 5. The summed E-state index contributed by atoms with van der Waals surface area (Å²) in [4.78, 5) is 41.7. The van der Waals surface area contributed by atoms with Gasteiger partial charge in [-0.3, -0.25) is 14.2 Å². The number of nitriles is 1. The lowest BCUT2D eigenvalue weighted by molar-refractivity contribution is 0.730. The van der Waals surface area contributed by atoms with E-state index >= 15 is 0 Å². The molecule has 0 aliphatic rings. The summed E-state index contributed by atoms with van der Waals surface area (Å²) in [5.41, 5.74) is 7.51. The molecule has 176 valence electrons. The summed E-state index contributed by atoms with van der Waals surface area (Å²) in [5.74, 6) is 0.651. The molecule has 1 atom stereocenters. The fourth-order valence-corrected chi connectivity index (χ4v) is 4.05. The quantitative estimate of drug-likeness (QED) is 0.349. The highest BCUT2D eigenvalue weighted by Crippen LogP contribution is 2.27. The Morgan fingerprint density at radius 3 is 2.56 bits per heavy atom. The fraction of sp³-hybridized carbons (Fsp3) is 0.0769. The molecule has 3 heterocycles. The molecule has 2 aromatic carbocycles. The molecule has 0 amide bonds. The first-order valence-corrected chi connectivity index (χ1v) is 11.1. The van der Waals surface area contributed by atoms with Gasteiger partial charge in [-0.2, -0.15) is 10.2 Å². The number of benzene rings is 2. The highest BCUT2D eigenvalue weighted by atomic mass is 16.1. The first-order valence-electron chi connectivity index (χ1n) is 11.1. The van der Waals surface area contributed by atoms with Gasteiger partial charge in [0.15, 0.2) is 0 Å². The minimum absolute atomic E-state index is 0.0112. The molecule has 0 aliphatic heterocycles. The monoisotopic (exact) mass is 476 g/mol. The zero-order valence-corrected chi connectivity index (χ0v) is 19.1. The molecule has 10 heteroatoms. The van der Waals surface area contributed by atoms with E-state index in [1.165, 1.54) is 16.8 Å². The van der Waals surface area contributed by atoms with Gasteiger partial charge in [-0.15, -0.1) is 0 Å². The number of para-hydroxylation sites is 1. The minimum atomic E-state index is -0.552. The predicted octanol–water partition coefficient (Wildman–Crippen LogP) is 3.16. The summed E-state index contributed by atoms with van der Waals surface area (Å²) in [6.45, 7) is 1.81. The Morgan fingerprint density at radius 1 is 1.03 bits per heavy atom. The minimum Gasteiger partial charge on any atom is -0.368 e. The third-order valence-electron chi connectivity index (χ3n) is 5.66. The van der Waals surface area contributed by atoms with E-state index in [4.69, 9.17) is 10.7 Å². The van der Waals surface area contributed by atoms with Crippen LogP contribution >= 0.6 is 0 Å². The standard InChI is InChI=1S/C26H20N8O2/c1-15(30-23-16(13-27)14-29-26(28)33-23)24-32-20-11-5-9-18(19-10-6-12-21(35)31-19)22(20)25(36)34(24)17-7-3-2-4-8-17/h2-12,14-15H,1H3,(H,31,35)(H3,28,29,30,33)/t15-/m0/s1. The van der Waals surface area contributed by atoms with Gasteiger partial charge in [0, 0.05) is 17.3 Å². The topological polar surface area (TPSA) is 155 Å². The zero-order chi connectivity index (χ0) is 25.2. The molecule has 36 heavy (non-hydrogen) atoms. The number of hydrogen-bond acceptors (Lipinski definition) is 8. The summed E-state index contributed by atoms with van der Waals surface area (Å²) < 4.78 is 1.52. The van der Waals surface area contributed by atoms with Crippen LogP contribution in [0.4, 0.5) is 11.8 Å². The summed E-state index contributed by atoms with van der Waals surface area (Å²) in [6, 6.07) is 20.7. The molecule has 0 saturated heterocycles. The number of H-pyrrole nitrogens is 1. The number of aromatic nitrogens is 5. The number of nitrogens with two attached hydrogens (primary N) is 1. The van der Waals surface area contributed by atoms with Crippen molar-refractivity contribution >= 4 is 22.7 Å². The van der Waals surface area contributed by atoms with Crippen LogP contribution in [0.1, 0.15) is 24.4 Å². The van der Waals surface area contributed by atoms with Gasteiger partial charge in [0.2, 0.25) is 11.5 Å². The highest BCUT2D eigenvalue weighted by Gasteiger charge is 2.21. The summed E-state index contributed by atoms with van der Waals surface area (Å²) in [7, 11) is 0. The molecule has 0 radical (unpaired) electrons. The second-order valence-corrected chi connectivity index (χ2v) is 8.04. The normalized spacial score (nSPS) is 11.7. The number of nitrogen functional groups attached to an aromatic ring is 1. The van der Waals surface area contributed by atoms with Crippen molar-refractivity contribution in [3.05, 3.63) is 105 Å². The van der Waals surface area contributed by atoms with Crippen molar-refractivity contribution in [3.8, 4) is 23.0 Å². The Labute approximate surface area is 204 Å². The number of nitrogens with one attached hydrogen (secondary N) is 2. The van der Waals surface area contributed by atoms with Crippen LogP contribution in [0.15, 0.2) is 82.5 Å². The van der Waals surface area contributed by atoms with E-state index in [-0.39, 0.29) is 28.4 Å². The molecule has 0 bridgehead atoms. The Kier molecular flexibility index (Phi) is 5.72. The summed E-state index contributed by atoms with van der Waals surface area (Å²) in [6.07, 6.45) is 1.34. The number of fused-ring (bicyclic) bond motifs is 1. The maximum absolute atomic E-state index is 14.1. The zero-order valence-electron chi connectivity index (χ0n) is 19.1. The van der Waals surface area contributed by atoms with Gasteiger partial charge < -0.3 is 16.0 Å². The van der Waals surface area contributed by atoms with Crippen LogP contribution in [-0.4, -0.2) is 24.5 Å². The van der Waals surface area contributed by atoms with E-state index in [0.717, 1.165) is 0 Å². The molecule has 0 unspecified atom stereocenters. The second kappa shape index (κ2) is 9.15. The van der Waals surface area contributed by atoms with Gasteiger partial charge in [0.1, 0.15) is 23.3 Å². The Bertz CT molecular complexity index is 1750. The van der Waals surface area contributed by atoms with Crippen LogP contribution in [0, 0.1) is 11.3 Å². The molecular formula is C26H20N8O2. The third kappa shape index (κ3) is 4.05. The fourth-order valence-electron chi connectivity index (χ4n) is 4.05. The number of hydrogen-bond donors (Lipinski definition) is 3. The Morgan fingerprint density at radius 2 is 1.81 bits per heavy atom. The number of nitrogens with zero attached hydrogens (tertiary/aromatic N) is 5. The number of pyridine rings is 1. The maximum atomic E-state index is 14.1. The van der Waals surface area contributed by atoms with Gasteiger partial charge in [0.25, 0.3) is 5.56 Å². The molecular weight excluding hydrogens is 456 g/mol. The van der Waals surface area contributed by atoms with E-state index in [9.17, 15) is 14.9 Å². The van der Waals surface area contributed by atoms with Gasteiger partial charge in [0.05, 0.1) is 28.8 Å². The first kappa shape index (κ1) is 22.5. The molecule has 4 N–H and O–H groups in total. The van der Waals surface area contributed by atoms with E-state index in [0.29, 0.717) is 33.7 Å². The van der Waals surface area contributed by atoms with Crippen LogP contribution in [0.25, 0.3) is 27.8 Å². The van der Waals surface area contributed by atoms with Gasteiger partial charge >= 0.3 is 0 Å². The Balaban J connectivity index is 1.76. The SMILES string of the molecule is C[C@H](Nc1nc(N)ncc1C#N)c1nc2cccc(-c3cccc(=O)[nH]3)c2c(=O)n1-c1ccccc1. The molecule has 0 saturated carbocycles. The van der Waals surface area contributed by atoms with Crippen molar-refractivity contribution in [2.75, 3.05) is 11.1 Å². The molecule has 0 aliphatic carbocycles. The molecule has 10 nitrogen and oxygen atoms in total. The number of anilines is 2. The van der Waals surface area contributed by atoms with E-state index in [1.807, 2.05) is 43.3 Å². The van der Waals surface area contributed by atoms with Gasteiger partial charge in [-0.1, -0.05) is 36.4 Å². The van der Waals surface area contributed by atoms with Gasteiger partial charge in [-0.05, 0) is 31.2 Å². The van der Waals surface area contributed by atoms with E-state index in [1.54, 1.807) is 30.3 Å². The predicted molar refractivity (Wildman–Crippen MR) is 137 cm³/mol. The van der Waals surface area contributed by atoms with Crippen molar-refractivity contribution in [2.24, 2.45) is 0 Å². The summed E-state index contributed by atoms with van der Waals surface area (Å²) in [5, 5.41) is 13.0. The average Bonchev–Trinajstić information content (AvgIpc) is 2.89. The lowest BCUT2D eigenvalue weighted by Crippen LogP contribution is -2.28. The lowest BCUT2D eigenvalue weighted by Gasteiger charge is -2.21. The third-order valence-corrected chi connectivity index (χ3v) is 5.66. The van der Waals surface area contributed by atoms with E-state index in [2.05, 4.69) is 20.3 Å². The highest BCUT2D eigenvalue weighted by molar-refractivity contribution is 5.93. The van der Waals surface area contributed by atoms with Crippen molar-refractivity contribution in [3.63, 3.8) is 0 Å². The van der Waals surface area contributed by atoms with Crippen molar-refractivity contribution < 1.29 is 0 Å². The maximum Gasteiger partial charge on any atom is 0.266 e. The van der Waals surface area contributed by atoms with Crippen LogP contribution in [0.2, 0.25) is 0 Å². The summed E-state index contributed by atoms with van der Waals surface area (Å²) >= 11 is 0. The number of aromatic amines is 1. The average molecular weight is 477 g/mol. The molecule has 0 spiro atoms. The smallest absolute Gasteiger partial charge is 0.266 e. The van der Waals surface area contributed by atoms with Crippen molar-refractivity contribution in [2.45, 2.75) is 13.0 Å². The first-order chi connectivity index (χ1) is 17.5.